The Morgan fingerprint density at radius 3 is 2.10 bits per heavy atom. The lowest BCUT2D eigenvalue weighted by atomic mass is 9.86. The smallest absolute Gasteiger partial charge is 0.263 e. The zero-order chi connectivity index (χ0) is 14.5. The minimum absolute atomic E-state index is 0.176. The van der Waals surface area contributed by atoms with E-state index < -0.39 is 11.3 Å². The predicted molar refractivity (Wildman–Crippen MR) is 77.4 cm³/mol. The van der Waals surface area contributed by atoms with E-state index in [2.05, 4.69) is 0 Å². The first kappa shape index (κ1) is 13.4. The minimum atomic E-state index is -2.73. The SMILES string of the molecule is Cc1cc(C2(c3ccc(Cl)cc3)CC2(F)F)ccc1N. The molecule has 1 unspecified atom stereocenters. The van der Waals surface area contributed by atoms with Gasteiger partial charge in [0.05, 0.1) is 5.41 Å². The van der Waals surface area contributed by atoms with Gasteiger partial charge < -0.3 is 5.73 Å². The largest absolute Gasteiger partial charge is 0.399 e. The molecule has 0 heterocycles. The van der Waals surface area contributed by atoms with E-state index in [9.17, 15) is 8.78 Å². The molecule has 104 valence electrons. The molecule has 1 aliphatic rings. The van der Waals surface area contributed by atoms with Crippen molar-refractivity contribution in [2.45, 2.75) is 24.7 Å². The topological polar surface area (TPSA) is 26.0 Å². The Labute approximate surface area is 121 Å². The highest BCUT2D eigenvalue weighted by atomic mass is 35.5. The third kappa shape index (κ3) is 1.80. The summed E-state index contributed by atoms with van der Waals surface area (Å²) in [7, 11) is 0. The summed E-state index contributed by atoms with van der Waals surface area (Å²) < 4.78 is 28.2. The second-order valence-electron chi connectivity index (χ2n) is 5.36. The second-order valence-corrected chi connectivity index (χ2v) is 5.80. The Balaban J connectivity index is 2.14. The van der Waals surface area contributed by atoms with Crippen molar-refractivity contribution in [3.05, 3.63) is 64.2 Å². The van der Waals surface area contributed by atoms with Crippen LogP contribution < -0.4 is 5.73 Å². The number of benzene rings is 2. The van der Waals surface area contributed by atoms with Crippen molar-refractivity contribution >= 4 is 17.3 Å². The number of rotatable bonds is 2. The first-order valence-corrected chi connectivity index (χ1v) is 6.75. The molecule has 0 aliphatic heterocycles. The Morgan fingerprint density at radius 2 is 1.60 bits per heavy atom. The van der Waals surface area contributed by atoms with Gasteiger partial charge in [-0.25, -0.2) is 8.78 Å². The van der Waals surface area contributed by atoms with E-state index in [1.807, 2.05) is 6.92 Å². The minimum Gasteiger partial charge on any atom is -0.399 e. The average Bonchev–Trinajstić information content (AvgIpc) is 2.98. The Hall–Kier alpha value is -1.61. The molecular formula is C16H14ClF2N. The molecule has 1 saturated carbocycles. The lowest BCUT2D eigenvalue weighted by molar-refractivity contribution is 0.0966. The van der Waals surface area contributed by atoms with Crippen LogP contribution in [0, 0.1) is 6.92 Å². The van der Waals surface area contributed by atoms with Gasteiger partial charge in [-0.1, -0.05) is 35.9 Å². The lowest BCUT2D eigenvalue weighted by Gasteiger charge is -2.19. The van der Waals surface area contributed by atoms with E-state index in [1.54, 1.807) is 42.5 Å². The molecule has 0 spiro atoms. The molecule has 2 aromatic carbocycles. The van der Waals surface area contributed by atoms with E-state index in [1.165, 1.54) is 0 Å². The van der Waals surface area contributed by atoms with Gasteiger partial charge in [-0.3, -0.25) is 0 Å². The first-order chi connectivity index (χ1) is 9.37. The molecule has 0 radical (unpaired) electrons. The molecule has 1 nitrogen and oxygen atoms in total. The normalized spacial score (nSPS) is 23.6. The highest BCUT2D eigenvalue weighted by molar-refractivity contribution is 6.30. The lowest BCUT2D eigenvalue weighted by Crippen LogP contribution is -2.18. The van der Waals surface area contributed by atoms with Gasteiger partial charge in [-0.15, -0.1) is 0 Å². The molecule has 0 saturated heterocycles. The standard InChI is InChI=1S/C16H14ClF2N/c1-10-8-12(4-7-14(10)20)15(9-16(15,18)19)11-2-5-13(17)6-3-11/h2-8H,9,20H2,1H3. The van der Waals surface area contributed by atoms with Gasteiger partial charge in [-0.05, 0) is 41.8 Å². The van der Waals surface area contributed by atoms with Crippen molar-refractivity contribution in [1.29, 1.82) is 0 Å². The first-order valence-electron chi connectivity index (χ1n) is 6.37. The van der Waals surface area contributed by atoms with Gasteiger partial charge in [-0.2, -0.15) is 0 Å². The maximum atomic E-state index is 14.1. The van der Waals surface area contributed by atoms with Crippen LogP contribution in [0.15, 0.2) is 42.5 Å². The summed E-state index contributed by atoms with van der Waals surface area (Å²) in [6, 6.07) is 11.8. The number of nitrogen functional groups attached to an aromatic ring is 1. The van der Waals surface area contributed by atoms with Gasteiger partial charge in [0.25, 0.3) is 5.92 Å². The van der Waals surface area contributed by atoms with E-state index in [-0.39, 0.29) is 6.42 Å². The summed E-state index contributed by atoms with van der Waals surface area (Å²) in [5.41, 5.74) is 7.17. The van der Waals surface area contributed by atoms with Crippen LogP contribution in [-0.4, -0.2) is 5.92 Å². The number of halogens is 3. The average molecular weight is 294 g/mol. The van der Waals surface area contributed by atoms with Crippen molar-refractivity contribution in [2.75, 3.05) is 5.73 Å². The van der Waals surface area contributed by atoms with E-state index >= 15 is 0 Å². The third-order valence-electron chi connectivity index (χ3n) is 4.09. The molecule has 0 bridgehead atoms. The molecule has 0 amide bonds. The van der Waals surface area contributed by atoms with Crippen molar-refractivity contribution < 1.29 is 8.78 Å². The van der Waals surface area contributed by atoms with E-state index in [0.717, 1.165) is 5.56 Å². The second kappa shape index (κ2) is 4.19. The highest BCUT2D eigenvalue weighted by Crippen LogP contribution is 2.65. The number of hydrogen-bond donors (Lipinski definition) is 1. The Bertz CT molecular complexity index is 667. The van der Waals surface area contributed by atoms with E-state index in [0.29, 0.717) is 21.8 Å². The summed E-state index contributed by atoms with van der Waals surface area (Å²) in [6.45, 7) is 1.83. The van der Waals surface area contributed by atoms with Gasteiger partial charge in [0, 0.05) is 17.1 Å². The van der Waals surface area contributed by atoms with Crippen molar-refractivity contribution in [3.8, 4) is 0 Å². The molecular weight excluding hydrogens is 280 g/mol. The fourth-order valence-electron chi connectivity index (χ4n) is 2.76. The zero-order valence-electron chi connectivity index (χ0n) is 11.0. The number of hydrogen-bond acceptors (Lipinski definition) is 1. The third-order valence-corrected chi connectivity index (χ3v) is 4.34. The molecule has 2 N–H and O–H groups in total. The molecule has 1 fully saturated rings. The van der Waals surface area contributed by atoms with Crippen LogP contribution in [0.25, 0.3) is 0 Å². The molecule has 0 aromatic heterocycles. The maximum Gasteiger partial charge on any atom is 0.263 e. The fourth-order valence-corrected chi connectivity index (χ4v) is 2.88. The summed E-state index contributed by atoms with van der Waals surface area (Å²) in [4.78, 5) is 0. The zero-order valence-corrected chi connectivity index (χ0v) is 11.7. The van der Waals surface area contributed by atoms with Crippen LogP contribution in [-0.2, 0) is 5.41 Å². The number of aryl methyl sites for hydroxylation is 1. The summed E-state index contributed by atoms with van der Waals surface area (Å²) in [5, 5.41) is 0.543. The summed E-state index contributed by atoms with van der Waals surface area (Å²) in [5.74, 6) is -2.73. The number of nitrogens with two attached hydrogens (primary N) is 1. The molecule has 4 heteroatoms. The van der Waals surface area contributed by atoms with Crippen LogP contribution >= 0.6 is 11.6 Å². The molecule has 20 heavy (non-hydrogen) atoms. The molecule has 1 aliphatic carbocycles. The summed E-state index contributed by atoms with van der Waals surface area (Å²) in [6.07, 6.45) is -0.176. The Morgan fingerprint density at radius 1 is 1.05 bits per heavy atom. The maximum absolute atomic E-state index is 14.1. The van der Waals surface area contributed by atoms with Crippen molar-refractivity contribution in [2.24, 2.45) is 0 Å². The Kier molecular flexibility index (Phi) is 2.80. The monoisotopic (exact) mass is 293 g/mol. The van der Waals surface area contributed by atoms with Crippen LogP contribution in [0.3, 0.4) is 0 Å². The highest BCUT2D eigenvalue weighted by Gasteiger charge is 2.72. The number of alkyl halides is 2. The molecule has 1 atom stereocenters. The van der Waals surface area contributed by atoms with Gasteiger partial charge in [0.1, 0.15) is 0 Å². The fraction of sp³-hybridized carbons (Fsp3) is 0.250. The van der Waals surface area contributed by atoms with Gasteiger partial charge >= 0.3 is 0 Å². The van der Waals surface area contributed by atoms with Gasteiger partial charge in [0.2, 0.25) is 0 Å². The van der Waals surface area contributed by atoms with Crippen LogP contribution in [0.2, 0.25) is 5.02 Å². The van der Waals surface area contributed by atoms with Crippen LogP contribution in [0.5, 0.6) is 0 Å². The predicted octanol–water partition coefficient (Wildman–Crippen LogP) is 4.56. The van der Waals surface area contributed by atoms with Crippen LogP contribution in [0.1, 0.15) is 23.1 Å². The van der Waals surface area contributed by atoms with Crippen molar-refractivity contribution in [1.82, 2.24) is 0 Å². The van der Waals surface area contributed by atoms with Gasteiger partial charge in [0.15, 0.2) is 0 Å². The molecule has 3 rings (SSSR count). The van der Waals surface area contributed by atoms with E-state index in [4.69, 9.17) is 17.3 Å². The quantitative estimate of drug-likeness (QED) is 0.807. The molecule has 2 aromatic rings. The number of anilines is 1. The summed E-state index contributed by atoms with van der Waals surface area (Å²) >= 11 is 5.84. The van der Waals surface area contributed by atoms with Crippen LogP contribution in [0.4, 0.5) is 14.5 Å². The van der Waals surface area contributed by atoms with Crippen molar-refractivity contribution in [3.63, 3.8) is 0 Å².